The van der Waals surface area contributed by atoms with Crippen LogP contribution in [0.3, 0.4) is 0 Å². The van der Waals surface area contributed by atoms with E-state index in [0.717, 1.165) is 16.3 Å². The van der Waals surface area contributed by atoms with Crippen LogP contribution in [-0.2, 0) is 18.5 Å². The van der Waals surface area contributed by atoms with Crippen LogP contribution >= 0.6 is 11.7 Å². The molecule has 0 saturated carbocycles. The predicted molar refractivity (Wildman–Crippen MR) is 64.4 cm³/mol. The molecule has 2 heterocycles. The topological polar surface area (TPSA) is 99.2 Å². The van der Waals surface area contributed by atoms with Crippen molar-refractivity contribution >= 4 is 22.9 Å². The number of hydrogen-bond acceptors (Lipinski definition) is 7. The Kier molecular flexibility index (Phi) is 3.26. The Balaban J connectivity index is 2.54. The minimum atomic E-state index is -0.507. The molecule has 0 unspecified atom stereocenters. The largest absolute Gasteiger partial charge is 0.345 e. The molecule has 0 fully saturated rings. The van der Waals surface area contributed by atoms with Gasteiger partial charge in [-0.05, 0) is 0 Å². The minimum Gasteiger partial charge on any atom is -0.345 e. The van der Waals surface area contributed by atoms with Crippen molar-refractivity contribution in [3.8, 4) is 0 Å². The van der Waals surface area contributed by atoms with Crippen LogP contribution in [0, 0.1) is 0 Å². The molecule has 2 aromatic rings. The summed E-state index contributed by atoms with van der Waals surface area (Å²) in [7, 11) is 1.51. The van der Waals surface area contributed by atoms with Crippen LogP contribution in [0.5, 0.6) is 0 Å². The summed E-state index contributed by atoms with van der Waals surface area (Å²) in [5.74, 6) is 0.0699. The Bertz CT molecular complexity index is 713. The van der Waals surface area contributed by atoms with E-state index in [0.29, 0.717) is 0 Å². The second kappa shape index (κ2) is 4.70. The first-order valence-electron chi connectivity index (χ1n) is 4.97. The lowest BCUT2D eigenvalue weighted by Crippen LogP contribution is -2.39. The van der Waals surface area contributed by atoms with Crippen LogP contribution in [-0.4, -0.2) is 23.1 Å². The monoisotopic (exact) mass is 270 g/mol. The smallest absolute Gasteiger partial charge is 0.332 e. The molecule has 2 aromatic heterocycles. The van der Waals surface area contributed by atoms with Gasteiger partial charge in [0.1, 0.15) is 5.76 Å². The molecule has 8 nitrogen and oxygen atoms in total. The standard InChI is InChI=1S/C9H10N4O4S/c1-5(17-16)3-4-13-8(14)6-7(11-18-10-6)12(2)9(13)15/h16H,1,3-4H2,2H3. The lowest BCUT2D eigenvalue weighted by molar-refractivity contribution is -0.205. The normalized spacial score (nSPS) is 10.8. The average molecular weight is 270 g/mol. The Morgan fingerprint density at radius 3 is 2.89 bits per heavy atom. The summed E-state index contributed by atoms with van der Waals surface area (Å²) in [5, 5.41) is 8.35. The van der Waals surface area contributed by atoms with E-state index in [2.05, 4.69) is 20.2 Å². The van der Waals surface area contributed by atoms with Gasteiger partial charge in [-0.15, -0.1) is 0 Å². The third kappa shape index (κ3) is 1.93. The summed E-state index contributed by atoms with van der Waals surface area (Å²) in [5.41, 5.74) is -0.584. The summed E-state index contributed by atoms with van der Waals surface area (Å²) in [6.45, 7) is 3.45. The van der Waals surface area contributed by atoms with Crippen molar-refractivity contribution in [3.05, 3.63) is 33.2 Å². The van der Waals surface area contributed by atoms with Crippen molar-refractivity contribution in [2.45, 2.75) is 13.0 Å². The van der Waals surface area contributed by atoms with Gasteiger partial charge in [-0.1, -0.05) is 6.58 Å². The molecule has 96 valence electrons. The first-order chi connectivity index (χ1) is 8.56. The highest BCUT2D eigenvalue weighted by Crippen LogP contribution is 2.04. The molecule has 2 rings (SSSR count). The molecule has 0 spiro atoms. The van der Waals surface area contributed by atoms with E-state index < -0.39 is 11.2 Å². The second-order valence-corrected chi connectivity index (χ2v) is 4.14. The number of aromatic nitrogens is 4. The van der Waals surface area contributed by atoms with Gasteiger partial charge in [0.05, 0.1) is 11.7 Å². The molecule has 0 amide bonds. The molecule has 0 aliphatic carbocycles. The number of fused-ring (bicyclic) bond motifs is 1. The first kappa shape index (κ1) is 12.5. The lowest BCUT2D eigenvalue weighted by Gasteiger charge is -2.07. The second-order valence-electron chi connectivity index (χ2n) is 3.61. The molecular weight excluding hydrogens is 260 g/mol. The molecule has 0 atom stereocenters. The van der Waals surface area contributed by atoms with Crippen molar-refractivity contribution in [2.75, 3.05) is 0 Å². The summed E-state index contributed by atoms with van der Waals surface area (Å²) in [4.78, 5) is 27.8. The van der Waals surface area contributed by atoms with Gasteiger partial charge >= 0.3 is 5.69 Å². The summed E-state index contributed by atoms with van der Waals surface area (Å²) < 4.78 is 10.0. The minimum absolute atomic E-state index is 0.0539. The van der Waals surface area contributed by atoms with Gasteiger partial charge in [0, 0.05) is 20.0 Å². The SMILES string of the molecule is C=C(CCn1c(=O)c2nsnc2n(C)c1=O)OO. The molecule has 1 N–H and O–H groups in total. The molecule has 18 heavy (non-hydrogen) atoms. The van der Waals surface area contributed by atoms with Crippen LogP contribution in [0.15, 0.2) is 21.9 Å². The number of hydrogen-bond donors (Lipinski definition) is 1. The first-order valence-corrected chi connectivity index (χ1v) is 5.70. The Morgan fingerprint density at radius 1 is 1.50 bits per heavy atom. The third-order valence-corrected chi connectivity index (χ3v) is 3.02. The zero-order chi connectivity index (χ0) is 13.3. The third-order valence-electron chi connectivity index (χ3n) is 2.50. The Hall–Kier alpha value is -2.00. The van der Waals surface area contributed by atoms with E-state index in [-0.39, 0.29) is 29.9 Å². The molecular formula is C9H10N4O4S. The van der Waals surface area contributed by atoms with Gasteiger partial charge in [-0.3, -0.25) is 13.9 Å². The molecule has 0 saturated heterocycles. The van der Waals surface area contributed by atoms with Gasteiger partial charge in [-0.2, -0.15) is 8.75 Å². The van der Waals surface area contributed by atoms with Crippen LogP contribution in [0.1, 0.15) is 6.42 Å². The molecule has 0 aliphatic heterocycles. The molecule has 0 radical (unpaired) electrons. The highest BCUT2D eigenvalue weighted by Gasteiger charge is 2.14. The number of nitrogens with zero attached hydrogens (tertiary/aromatic N) is 4. The quantitative estimate of drug-likeness (QED) is 0.475. The van der Waals surface area contributed by atoms with E-state index >= 15 is 0 Å². The van der Waals surface area contributed by atoms with Gasteiger partial charge in [-0.25, -0.2) is 10.1 Å². The van der Waals surface area contributed by atoms with Crippen LogP contribution in [0.2, 0.25) is 0 Å². The fourth-order valence-electron chi connectivity index (χ4n) is 1.50. The molecule has 9 heteroatoms. The Labute approximate surface area is 105 Å². The van der Waals surface area contributed by atoms with Crippen molar-refractivity contribution in [3.63, 3.8) is 0 Å². The van der Waals surface area contributed by atoms with E-state index in [1.165, 1.54) is 11.6 Å². The maximum absolute atomic E-state index is 12.0. The van der Waals surface area contributed by atoms with Crippen molar-refractivity contribution in [1.29, 1.82) is 0 Å². The number of allylic oxidation sites excluding steroid dienone is 1. The highest BCUT2D eigenvalue weighted by atomic mass is 32.1. The van der Waals surface area contributed by atoms with Gasteiger partial charge in [0.2, 0.25) is 0 Å². The summed E-state index contributed by atoms with van der Waals surface area (Å²) >= 11 is 0.872. The van der Waals surface area contributed by atoms with Gasteiger partial charge in [0.25, 0.3) is 5.56 Å². The fraction of sp³-hybridized carbons (Fsp3) is 0.333. The molecule has 0 aliphatic rings. The predicted octanol–water partition coefficient (Wildman–Crippen LogP) is -0.0549. The van der Waals surface area contributed by atoms with Crippen LogP contribution < -0.4 is 11.2 Å². The number of rotatable bonds is 4. The van der Waals surface area contributed by atoms with Gasteiger partial charge in [0.15, 0.2) is 11.2 Å². The van der Waals surface area contributed by atoms with Crippen molar-refractivity contribution in [1.82, 2.24) is 17.9 Å². The number of aryl methyl sites for hydroxylation is 1. The zero-order valence-electron chi connectivity index (χ0n) is 9.49. The van der Waals surface area contributed by atoms with E-state index in [4.69, 9.17) is 5.26 Å². The Morgan fingerprint density at radius 2 is 2.22 bits per heavy atom. The van der Waals surface area contributed by atoms with E-state index in [1.807, 2.05) is 0 Å². The maximum Gasteiger partial charge on any atom is 0.332 e. The van der Waals surface area contributed by atoms with E-state index in [9.17, 15) is 9.59 Å². The average Bonchev–Trinajstić information content (AvgIpc) is 2.85. The fourth-order valence-corrected chi connectivity index (χ4v) is 2.07. The van der Waals surface area contributed by atoms with Gasteiger partial charge < -0.3 is 4.89 Å². The summed E-state index contributed by atoms with van der Waals surface area (Å²) in [6.07, 6.45) is 0.148. The summed E-state index contributed by atoms with van der Waals surface area (Å²) in [6, 6.07) is 0. The molecule has 0 aromatic carbocycles. The zero-order valence-corrected chi connectivity index (χ0v) is 10.3. The van der Waals surface area contributed by atoms with Crippen molar-refractivity contribution < 1.29 is 10.1 Å². The van der Waals surface area contributed by atoms with Crippen molar-refractivity contribution in [2.24, 2.45) is 7.05 Å². The van der Waals surface area contributed by atoms with Crippen LogP contribution in [0.25, 0.3) is 11.2 Å². The highest BCUT2D eigenvalue weighted by molar-refractivity contribution is 7.00. The molecule has 0 bridgehead atoms. The maximum atomic E-state index is 12.0. The van der Waals surface area contributed by atoms with Crippen LogP contribution in [0.4, 0.5) is 0 Å². The van der Waals surface area contributed by atoms with E-state index in [1.54, 1.807) is 0 Å². The lowest BCUT2D eigenvalue weighted by atomic mass is 10.3.